The summed E-state index contributed by atoms with van der Waals surface area (Å²) in [6.45, 7) is 4.29. The molecular formula is C23H23ClN4O5. The van der Waals surface area contributed by atoms with Crippen LogP contribution in [0.25, 0.3) is 5.57 Å². The number of oxime groups is 1. The number of carbonyl (C=O) groups excluding carboxylic acids is 1. The van der Waals surface area contributed by atoms with Crippen LogP contribution >= 0.6 is 12.4 Å². The Balaban J connectivity index is 0.00000259. The zero-order chi connectivity index (χ0) is 22.1. The lowest BCUT2D eigenvalue weighted by Crippen LogP contribution is -2.38. The van der Waals surface area contributed by atoms with E-state index in [1.807, 2.05) is 24.3 Å². The van der Waals surface area contributed by atoms with Gasteiger partial charge in [-0.2, -0.15) is 0 Å². The molecule has 0 saturated carbocycles. The molecule has 3 aliphatic rings. The third kappa shape index (κ3) is 4.43. The van der Waals surface area contributed by atoms with Gasteiger partial charge in [-0.25, -0.2) is 4.79 Å². The number of para-hydroxylation sites is 1. The standard InChI is InChI=1S/C23H22N4O5.ClH/c28-22-19(16-13-14(23(29)30)5-6-18(16)25-22)21-20(15-3-1-2-4-17(15)24-21)26-32-12-9-27-7-10-31-11-8-27;/h1-6,13,24H,7-12H2,(H,25,28)(H,29,30);1H/b21-19-,26-20+;. The highest BCUT2D eigenvalue weighted by Gasteiger charge is 2.34. The van der Waals surface area contributed by atoms with Crippen LogP contribution in [0, 0.1) is 0 Å². The first-order valence-electron chi connectivity index (χ1n) is 10.4. The molecule has 172 valence electrons. The van der Waals surface area contributed by atoms with E-state index in [0.717, 1.165) is 44.1 Å². The van der Waals surface area contributed by atoms with Crippen LogP contribution in [0.2, 0.25) is 0 Å². The largest absolute Gasteiger partial charge is 0.478 e. The van der Waals surface area contributed by atoms with E-state index in [4.69, 9.17) is 9.57 Å². The van der Waals surface area contributed by atoms with Crippen molar-refractivity contribution in [3.05, 3.63) is 64.9 Å². The average molecular weight is 471 g/mol. The highest BCUT2D eigenvalue weighted by molar-refractivity contribution is 6.39. The number of nitrogens with zero attached hydrogens (tertiary/aromatic N) is 2. The van der Waals surface area contributed by atoms with Crippen LogP contribution in [0.3, 0.4) is 0 Å². The summed E-state index contributed by atoms with van der Waals surface area (Å²) in [5, 5.41) is 19.8. The number of halogens is 1. The number of carbonyl (C=O) groups is 2. The van der Waals surface area contributed by atoms with Crippen LogP contribution in [0.15, 0.2) is 53.3 Å². The zero-order valence-corrected chi connectivity index (χ0v) is 18.5. The Morgan fingerprint density at radius 2 is 1.85 bits per heavy atom. The van der Waals surface area contributed by atoms with Crippen LogP contribution in [-0.4, -0.2) is 67.0 Å². The minimum absolute atomic E-state index is 0. The molecule has 1 fully saturated rings. The van der Waals surface area contributed by atoms with Gasteiger partial charge >= 0.3 is 5.97 Å². The van der Waals surface area contributed by atoms with Crippen LogP contribution in [0.5, 0.6) is 0 Å². The van der Waals surface area contributed by atoms with Crippen molar-refractivity contribution in [2.24, 2.45) is 5.16 Å². The minimum atomic E-state index is -1.06. The molecular weight excluding hydrogens is 448 g/mol. The molecule has 1 amide bonds. The molecule has 0 atom stereocenters. The predicted molar refractivity (Wildman–Crippen MR) is 126 cm³/mol. The van der Waals surface area contributed by atoms with Gasteiger partial charge in [-0.3, -0.25) is 9.69 Å². The molecule has 0 aromatic heterocycles. The number of amides is 1. The maximum atomic E-state index is 12.9. The minimum Gasteiger partial charge on any atom is -0.478 e. The summed E-state index contributed by atoms with van der Waals surface area (Å²) >= 11 is 0. The fourth-order valence-electron chi connectivity index (χ4n) is 4.06. The van der Waals surface area contributed by atoms with E-state index >= 15 is 0 Å². The highest BCUT2D eigenvalue weighted by Crippen LogP contribution is 2.39. The van der Waals surface area contributed by atoms with Gasteiger partial charge < -0.3 is 25.3 Å². The van der Waals surface area contributed by atoms with Crippen molar-refractivity contribution in [1.29, 1.82) is 0 Å². The van der Waals surface area contributed by atoms with E-state index in [1.54, 1.807) is 6.07 Å². The van der Waals surface area contributed by atoms with Gasteiger partial charge in [-0.1, -0.05) is 23.4 Å². The molecule has 0 bridgehead atoms. The first-order chi connectivity index (χ1) is 15.6. The number of ether oxygens (including phenoxy) is 1. The topological polar surface area (TPSA) is 112 Å². The Bertz CT molecular complexity index is 1160. The number of aromatic carboxylic acids is 1. The van der Waals surface area contributed by atoms with Gasteiger partial charge in [-0.15, -0.1) is 12.4 Å². The number of rotatable bonds is 5. The van der Waals surface area contributed by atoms with Gasteiger partial charge in [0.1, 0.15) is 12.3 Å². The van der Waals surface area contributed by atoms with E-state index in [0.29, 0.717) is 34.8 Å². The van der Waals surface area contributed by atoms with E-state index in [1.165, 1.54) is 12.1 Å². The van der Waals surface area contributed by atoms with Crippen molar-refractivity contribution in [3.8, 4) is 0 Å². The van der Waals surface area contributed by atoms with Gasteiger partial charge in [0.25, 0.3) is 5.91 Å². The van der Waals surface area contributed by atoms with Crippen molar-refractivity contribution >= 4 is 46.9 Å². The van der Waals surface area contributed by atoms with Gasteiger partial charge in [-0.05, 0) is 24.3 Å². The SMILES string of the molecule is Cl.O=C1Nc2ccc(C(=O)O)cc2/C1=C1/Nc2ccccc2/C1=N\OCCN1CCOCC1. The Morgan fingerprint density at radius 1 is 1.09 bits per heavy atom. The van der Waals surface area contributed by atoms with Crippen molar-refractivity contribution in [2.45, 2.75) is 0 Å². The molecule has 5 rings (SSSR count). The molecule has 1 saturated heterocycles. The molecule has 3 N–H and O–H groups in total. The molecule has 0 aliphatic carbocycles. The number of fused-ring (bicyclic) bond motifs is 2. The number of nitrogens with one attached hydrogen (secondary N) is 2. The molecule has 3 aliphatic heterocycles. The fourth-order valence-corrected chi connectivity index (χ4v) is 4.06. The summed E-state index contributed by atoms with van der Waals surface area (Å²) in [5.41, 5.74) is 4.17. The second-order valence-electron chi connectivity index (χ2n) is 7.67. The first kappa shape index (κ1) is 22.8. The number of anilines is 2. The number of benzene rings is 2. The summed E-state index contributed by atoms with van der Waals surface area (Å²) in [4.78, 5) is 32.2. The molecule has 2 aromatic rings. The third-order valence-corrected chi connectivity index (χ3v) is 5.70. The second kappa shape index (κ2) is 9.62. The van der Waals surface area contributed by atoms with Crippen molar-refractivity contribution in [2.75, 3.05) is 50.1 Å². The first-order valence-corrected chi connectivity index (χ1v) is 10.4. The Hall–Kier alpha value is -3.40. The van der Waals surface area contributed by atoms with E-state index in [2.05, 4.69) is 20.7 Å². The fraction of sp³-hybridized carbons (Fsp3) is 0.261. The van der Waals surface area contributed by atoms with Gasteiger partial charge in [0.2, 0.25) is 0 Å². The van der Waals surface area contributed by atoms with Crippen molar-refractivity contribution in [3.63, 3.8) is 0 Å². The number of carboxylic acids is 1. The number of morpholine rings is 1. The summed E-state index contributed by atoms with van der Waals surface area (Å²) in [6.07, 6.45) is 0. The molecule has 10 heteroatoms. The molecule has 3 heterocycles. The average Bonchev–Trinajstić information content (AvgIpc) is 3.33. The lowest BCUT2D eigenvalue weighted by molar-refractivity contribution is -0.110. The van der Waals surface area contributed by atoms with Gasteiger partial charge in [0, 0.05) is 42.1 Å². The predicted octanol–water partition coefficient (Wildman–Crippen LogP) is 2.65. The third-order valence-electron chi connectivity index (χ3n) is 5.70. The lowest BCUT2D eigenvalue weighted by Gasteiger charge is -2.25. The van der Waals surface area contributed by atoms with Gasteiger partial charge in [0.15, 0.2) is 0 Å². The summed E-state index contributed by atoms with van der Waals surface area (Å²) in [6, 6.07) is 12.1. The van der Waals surface area contributed by atoms with Crippen LogP contribution in [0.1, 0.15) is 21.5 Å². The Morgan fingerprint density at radius 3 is 2.64 bits per heavy atom. The zero-order valence-electron chi connectivity index (χ0n) is 17.7. The summed E-state index contributed by atoms with van der Waals surface area (Å²) < 4.78 is 5.36. The maximum absolute atomic E-state index is 12.9. The van der Waals surface area contributed by atoms with Crippen molar-refractivity contribution in [1.82, 2.24) is 4.90 Å². The van der Waals surface area contributed by atoms with E-state index in [-0.39, 0.29) is 23.9 Å². The van der Waals surface area contributed by atoms with Gasteiger partial charge in [0.05, 0.1) is 30.0 Å². The molecule has 0 radical (unpaired) electrons. The molecule has 33 heavy (non-hydrogen) atoms. The summed E-state index contributed by atoms with van der Waals surface area (Å²) in [7, 11) is 0. The number of carboxylic acid groups (broad SMARTS) is 1. The summed E-state index contributed by atoms with van der Waals surface area (Å²) in [5.74, 6) is -1.38. The molecule has 0 unspecified atom stereocenters. The molecule has 9 nitrogen and oxygen atoms in total. The van der Waals surface area contributed by atoms with Crippen molar-refractivity contribution < 1.29 is 24.3 Å². The van der Waals surface area contributed by atoms with E-state index < -0.39 is 5.97 Å². The molecule has 0 spiro atoms. The van der Waals surface area contributed by atoms with E-state index in [9.17, 15) is 14.7 Å². The normalized spacial score (nSPS) is 20.5. The smallest absolute Gasteiger partial charge is 0.335 e. The highest BCUT2D eigenvalue weighted by atomic mass is 35.5. The second-order valence-corrected chi connectivity index (χ2v) is 7.67. The monoisotopic (exact) mass is 470 g/mol. The number of hydrogen-bond donors (Lipinski definition) is 3. The quantitative estimate of drug-likeness (QED) is 0.350. The Labute approximate surface area is 196 Å². The van der Waals surface area contributed by atoms with Crippen LogP contribution in [-0.2, 0) is 14.4 Å². The number of hydrogen-bond acceptors (Lipinski definition) is 7. The molecule has 2 aromatic carbocycles. The Kier molecular flexibility index (Phi) is 6.64. The lowest BCUT2D eigenvalue weighted by atomic mass is 9.99. The number of allylic oxidation sites excluding steroid dienone is 1. The maximum Gasteiger partial charge on any atom is 0.335 e. The van der Waals surface area contributed by atoms with Crippen LogP contribution < -0.4 is 10.6 Å². The van der Waals surface area contributed by atoms with Crippen LogP contribution in [0.4, 0.5) is 11.4 Å².